The number of hydrogen-bond donors (Lipinski definition) is 3. The maximum absolute atomic E-state index is 13.1. The van der Waals surface area contributed by atoms with E-state index in [0.29, 0.717) is 19.3 Å². The largest absolute Gasteiger partial charge is 0.462 e. The fourth-order valence-corrected chi connectivity index (χ4v) is 6.62. The van der Waals surface area contributed by atoms with Crippen molar-refractivity contribution in [2.24, 2.45) is 0 Å². The minimum atomic E-state index is -0.805. The Morgan fingerprint density at radius 2 is 0.947 bits per heavy atom. The van der Waals surface area contributed by atoms with Gasteiger partial charge in [-0.2, -0.15) is 0 Å². The van der Waals surface area contributed by atoms with E-state index < -0.39 is 18.2 Å². The normalized spacial score (nSPS) is 14.1. The molecule has 3 N–H and O–H groups in total. The molecule has 1 amide bonds. The van der Waals surface area contributed by atoms with E-state index >= 15 is 0 Å². The lowest BCUT2D eigenvalue weighted by molar-refractivity contribution is -0.151. The highest BCUT2D eigenvalue weighted by Gasteiger charge is 2.24. The first-order valence-corrected chi connectivity index (χ1v) is 23.4. The van der Waals surface area contributed by atoms with Crippen LogP contribution in [-0.2, 0) is 14.3 Å². The summed E-state index contributed by atoms with van der Waals surface area (Å²) in [6.07, 6.45) is 56.4. The van der Waals surface area contributed by atoms with Gasteiger partial charge in [0.15, 0.2) is 0 Å². The van der Waals surface area contributed by atoms with Crippen molar-refractivity contribution in [1.29, 1.82) is 0 Å². The second-order valence-corrected chi connectivity index (χ2v) is 15.5. The molecule has 0 aromatic heterocycles. The topological polar surface area (TPSA) is 95.9 Å². The van der Waals surface area contributed by atoms with Gasteiger partial charge < -0.3 is 20.3 Å². The molecule has 0 radical (unpaired) electrons. The second-order valence-electron chi connectivity index (χ2n) is 15.5. The van der Waals surface area contributed by atoms with Gasteiger partial charge in [0.2, 0.25) is 5.91 Å². The van der Waals surface area contributed by atoms with Crippen molar-refractivity contribution in [2.45, 2.75) is 219 Å². The van der Waals surface area contributed by atoms with Crippen molar-refractivity contribution in [2.75, 3.05) is 6.61 Å². The summed E-state index contributed by atoms with van der Waals surface area (Å²) in [5.74, 6) is -0.546. The lowest BCUT2D eigenvalue weighted by Gasteiger charge is -2.24. The van der Waals surface area contributed by atoms with Crippen LogP contribution in [0.1, 0.15) is 201 Å². The maximum atomic E-state index is 13.1. The molecule has 0 spiro atoms. The predicted octanol–water partition coefficient (Wildman–Crippen LogP) is 13.6. The zero-order valence-corrected chi connectivity index (χ0v) is 36.9. The summed E-state index contributed by atoms with van der Waals surface area (Å²) in [6, 6.07) is -0.722. The summed E-state index contributed by atoms with van der Waals surface area (Å²) in [4.78, 5) is 26.0. The Bertz CT molecular complexity index is 1120. The highest BCUT2D eigenvalue weighted by Crippen LogP contribution is 2.17. The Balaban J connectivity index is 4.71. The van der Waals surface area contributed by atoms with Crippen molar-refractivity contribution >= 4 is 11.9 Å². The van der Waals surface area contributed by atoms with Crippen molar-refractivity contribution in [3.8, 4) is 0 Å². The Morgan fingerprint density at radius 1 is 0.526 bits per heavy atom. The van der Waals surface area contributed by atoms with Crippen LogP contribution in [-0.4, -0.2) is 46.9 Å². The minimum Gasteiger partial charge on any atom is -0.462 e. The van der Waals surface area contributed by atoms with E-state index in [1.165, 1.54) is 57.8 Å². The Labute approximate surface area is 351 Å². The zero-order chi connectivity index (χ0) is 41.7. The third kappa shape index (κ3) is 39.6. The molecule has 0 aromatic rings. The number of carbonyl (C=O) groups is 2. The number of aliphatic hydroxyl groups excluding tert-OH is 2. The fraction of sp³-hybridized carbons (Fsp3) is 0.686. The molecule has 0 heterocycles. The van der Waals surface area contributed by atoms with Gasteiger partial charge in [0, 0.05) is 6.42 Å². The molecule has 0 aliphatic heterocycles. The highest BCUT2D eigenvalue weighted by atomic mass is 16.5. The average Bonchev–Trinajstić information content (AvgIpc) is 3.20. The van der Waals surface area contributed by atoms with Crippen molar-refractivity contribution in [1.82, 2.24) is 5.32 Å². The van der Waals surface area contributed by atoms with Gasteiger partial charge in [-0.1, -0.05) is 209 Å². The van der Waals surface area contributed by atoms with Gasteiger partial charge in [-0.05, 0) is 64.2 Å². The van der Waals surface area contributed by atoms with Crippen LogP contribution in [0, 0.1) is 0 Å². The highest BCUT2D eigenvalue weighted by molar-refractivity contribution is 5.77. The molecule has 3 unspecified atom stereocenters. The summed E-state index contributed by atoms with van der Waals surface area (Å²) in [6.45, 7) is 6.17. The van der Waals surface area contributed by atoms with E-state index in [2.05, 4.69) is 80.8 Å². The first kappa shape index (κ1) is 54.0. The number of allylic oxidation sites excluding steroid dienone is 14. The number of unbranched alkanes of at least 4 members (excludes halogenated alkanes) is 19. The van der Waals surface area contributed by atoms with Gasteiger partial charge in [0.1, 0.15) is 6.10 Å². The number of rotatable bonds is 40. The number of aliphatic hydroxyl groups is 2. The van der Waals surface area contributed by atoms with Gasteiger partial charge in [-0.3, -0.25) is 9.59 Å². The Morgan fingerprint density at radius 3 is 1.46 bits per heavy atom. The van der Waals surface area contributed by atoms with Crippen LogP contribution < -0.4 is 5.32 Å². The van der Waals surface area contributed by atoms with E-state index in [1.54, 1.807) is 0 Å². The number of amides is 1. The van der Waals surface area contributed by atoms with Crippen LogP contribution in [0.5, 0.6) is 0 Å². The molecule has 0 bridgehead atoms. The third-order valence-corrected chi connectivity index (χ3v) is 10.1. The van der Waals surface area contributed by atoms with Crippen LogP contribution in [0.4, 0.5) is 0 Å². The molecule has 3 atom stereocenters. The van der Waals surface area contributed by atoms with Gasteiger partial charge in [-0.25, -0.2) is 0 Å². The van der Waals surface area contributed by atoms with Crippen LogP contribution in [0.15, 0.2) is 85.1 Å². The summed E-state index contributed by atoms with van der Waals surface area (Å²) in [5.41, 5.74) is 0. The first-order chi connectivity index (χ1) is 28.0. The molecule has 0 aromatic carbocycles. The number of esters is 1. The van der Waals surface area contributed by atoms with Crippen LogP contribution >= 0.6 is 0 Å². The standard InChI is InChI=1S/C51H87NO5/c1-4-7-10-13-16-19-22-25-27-30-33-36-39-42-47(57-51(56)44-41-38-35-32-29-26-23-20-17-14-11-8-5-2)45-50(55)52-48(46-53)49(54)43-40-37-34-31-28-24-21-18-15-12-9-6-3/h7-8,10-11,13-14,16-17,19-20,22-23,25,27,47-49,53-54H,4-6,9,12,15,18,21,24,26,28-46H2,1-3H3,(H,52,55)/b10-7+,11-8+,16-13+,17-14+,22-19+,23-20-,27-25-. The SMILES string of the molecule is CC/C=C/C=C/C=C\CCCCCCCC(=O)OC(CCCCC\C=C/C=C/C=C/C=C/CC)CC(=O)NC(CO)C(O)CCCCCCCCCCCCCC. The molecule has 0 aliphatic carbocycles. The van der Waals surface area contributed by atoms with E-state index in [-0.39, 0.29) is 24.9 Å². The zero-order valence-electron chi connectivity index (χ0n) is 36.9. The van der Waals surface area contributed by atoms with Gasteiger partial charge >= 0.3 is 5.97 Å². The lowest BCUT2D eigenvalue weighted by Crippen LogP contribution is -2.46. The molecular weight excluding hydrogens is 707 g/mol. The number of carbonyl (C=O) groups excluding carboxylic acids is 2. The van der Waals surface area contributed by atoms with Gasteiger partial charge in [-0.15, -0.1) is 0 Å². The minimum absolute atomic E-state index is 0.0385. The summed E-state index contributed by atoms with van der Waals surface area (Å²) < 4.78 is 5.88. The molecule has 57 heavy (non-hydrogen) atoms. The van der Waals surface area contributed by atoms with E-state index in [4.69, 9.17) is 4.74 Å². The molecule has 0 rings (SSSR count). The van der Waals surface area contributed by atoms with Gasteiger partial charge in [0.25, 0.3) is 0 Å². The fourth-order valence-electron chi connectivity index (χ4n) is 6.62. The molecule has 6 nitrogen and oxygen atoms in total. The maximum Gasteiger partial charge on any atom is 0.306 e. The van der Waals surface area contributed by atoms with Crippen molar-refractivity contribution < 1.29 is 24.5 Å². The number of ether oxygens (including phenoxy) is 1. The first-order valence-electron chi connectivity index (χ1n) is 23.4. The molecule has 0 aliphatic rings. The molecule has 0 saturated heterocycles. The average molecular weight is 794 g/mol. The van der Waals surface area contributed by atoms with Crippen LogP contribution in [0.2, 0.25) is 0 Å². The summed E-state index contributed by atoms with van der Waals surface area (Å²) >= 11 is 0. The molecule has 326 valence electrons. The van der Waals surface area contributed by atoms with Crippen LogP contribution in [0.3, 0.4) is 0 Å². The third-order valence-electron chi connectivity index (χ3n) is 10.1. The predicted molar refractivity (Wildman–Crippen MR) is 245 cm³/mol. The second kappa shape index (κ2) is 44.1. The van der Waals surface area contributed by atoms with Gasteiger partial charge in [0.05, 0.1) is 25.2 Å². The number of nitrogens with one attached hydrogen (secondary N) is 1. The molecule has 6 heteroatoms. The monoisotopic (exact) mass is 794 g/mol. The van der Waals surface area contributed by atoms with E-state index in [0.717, 1.165) is 96.3 Å². The lowest BCUT2D eigenvalue weighted by atomic mass is 10.0. The Hall–Kier alpha value is -2.96. The van der Waals surface area contributed by atoms with Crippen LogP contribution in [0.25, 0.3) is 0 Å². The molecule has 0 saturated carbocycles. The molecular formula is C51H87NO5. The quantitative estimate of drug-likeness (QED) is 0.0326. The smallest absolute Gasteiger partial charge is 0.306 e. The molecule has 0 fully saturated rings. The summed E-state index contributed by atoms with van der Waals surface area (Å²) in [7, 11) is 0. The van der Waals surface area contributed by atoms with E-state index in [1.807, 2.05) is 30.4 Å². The number of hydrogen-bond acceptors (Lipinski definition) is 5. The Kier molecular flexibility index (Phi) is 41.9. The van der Waals surface area contributed by atoms with Crippen molar-refractivity contribution in [3.63, 3.8) is 0 Å². The summed E-state index contributed by atoms with van der Waals surface area (Å²) in [5, 5.41) is 23.7. The van der Waals surface area contributed by atoms with E-state index in [9.17, 15) is 19.8 Å². The van der Waals surface area contributed by atoms with Crippen molar-refractivity contribution in [3.05, 3.63) is 85.1 Å².